The van der Waals surface area contributed by atoms with Crippen LogP contribution in [-0.2, 0) is 24.9 Å². The fourth-order valence-electron chi connectivity index (χ4n) is 7.17. The summed E-state index contributed by atoms with van der Waals surface area (Å²) in [6, 6.07) is 16.4. The van der Waals surface area contributed by atoms with Gasteiger partial charge in [-0.15, -0.1) is 0 Å². The van der Waals surface area contributed by atoms with Crippen LogP contribution in [0, 0.1) is 0 Å². The Labute approximate surface area is 315 Å². The van der Waals surface area contributed by atoms with E-state index in [1.165, 1.54) is 16.6 Å². The molecule has 1 aliphatic heterocycles. The van der Waals surface area contributed by atoms with Gasteiger partial charge in [0.05, 0.1) is 41.5 Å². The Kier molecular flexibility index (Phi) is 9.94. The summed E-state index contributed by atoms with van der Waals surface area (Å²) in [5.74, 6) is 0.732. The Hall–Kier alpha value is -4.95. The van der Waals surface area contributed by atoms with Gasteiger partial charge >= 0.3 is 6.09 Å². The molecule has 2 fully saturated rings. The number of carbonyl (C=O) groups is 2. The van der Waals surface area contributed by atoms with E-state index in [2.05, 4.69) is 10.6 Å². The summed E-state index contributed by atoms with van der Waals surface area (Å²) in [6.45, 7) is 2.37. The molecule has 3 aromatic heterocycles. The van der Waals surface area contributed by atoms with E-state index in [4.69, 9.17) is 38.0 Å². The number of hydrogen-bond acceptors (Lipinski definition) is 8. The highest BCUT2D eigenvalue weighted by Crippen LogP contribution is 2.42. The molecular formula is C38H39Cl2N7O6. The van der Waals surface area contributed by atoms with Crippen LogP contribution in [0.5, 0.6) is 5.88 Å². The van der Waals surface area contributed by atoms with E-state index >= 15 is 0 Å². The maximum atomic E-state index is 13.4. The van der Waals surface area contributed by atoms with Gasteiger partial charge in [0.2, 0.25) is 11.8 Å². The number of pyridine rings is 1. The molecule has 4 heterocycles. The summed E-state index contributed by atoms with van der Waals surface area (Å²) in [6.07, 6.45) is 2.91. The number of aromatic nitrogens is 4. The lowest BCUT2D eigenvalue weighted by atomic mass is 9.77. The quantitative estimate of drug-likeness (QED) is 0.136. The molecule has 53 heavy (non-hydrogen) atoms. The van der Waals surface area contributed by atoms with Gasteiger partial charge in [-0.1, -0.05) is 59.6 Å². The molecule has 13 nitrogen and oxygen atoms in total. The summed E-state index contributed by atoms with van der Waals surface area (Å²) in [5, 5.41) is 31.7. The number of rotatable bonds is 11. The van der Waals surface area contributed by atoms with Crippen molar-refractivity contribution in [2.45, 2.75) is 63.4 Å². The SMILES string of the molecule is COc1nc(-c2cccc(-c3cccc(-c4cc5c(=O)n(C)c(CNC6CC(C)(O)C6)nn5c4)c3Cl)c2Cl)ccc1CN(C[C@@H]1CCC(=O)N1)C(=O)O. The Morgan fingerprint density at radius 1 is 1.08 bits per heavy atom. The second-order valence-corrected chi connectivity index (χ2v) is 14.7. The average molecular weight is 761 g/mol. The lowest BCUT2D eigenvalue weighted by molar-refractivity contribution is -0.119. The maximum Gasteiger partial charge on any atom is 0.407 e. The van der Waals surface area contributed by atoms with Crippen molar-refractivity contribution in [3.63, 3.8) is 0 Å². The molecule has 4 N–H and O–H groups in total. The molecular weight excluding hydrogens is 721 g/mol. The van der Waals surface area contributed by atoms with Crippen LogP contribution in [0.4, 0.5) is 4.79 Å². The molecule has 2 aliphatic rings. The first-order valence-corrected chi connectivity index (χ1v) is 18.0. The molecule has 1 saturated carbocycles. The van der Waals surface area contributed by atoms with Crippen molar-refractivity contribution >= 4 is 40.7 Å². The van der Waals surface area contributed by atoms with Crippen molar-refractivity contribution in [3.05, 3.63) is 92.6 Å². The largest absolute Gasteiger partial charge is 0.481 e. The van der Waals surface area contributed by atoms with Gasteiger partial charge in [-0.25, -0.2) is 14.3 Å². The fourth-order valence-corrected chi connectivity index (χ4v) is 7.83. The van der Waals surface area contributed by atoms with E-state index < -0.39 is 11.7 Å². The van der Waals surface area contributed by atoms with E-state index in [0.717, 1.165) is 0 Å². The van der Waals surface area contributed by atoms with Crippen LogP contribution in [0.2, 0.25) is 10.0 Å². The third kappa shape index (κ3) is 7.34. The molecule has 1 atom stereocenters. The van der Waals surface area contributed by atoms with Gasteiger partial charge in [-0.3, -0.25) is 14.2 Å². The van der Waals surface area contributed by atoms with Gasteiger partial charge in [-0.2, -0.15) is 5.10 Å². The van der Waals surface area contributed by atoms with Crippen LogP contribution in [0.1, 0.15) is 44.0 Å². The molecule has 0 unspecified atom stereocenters. The minimum atomic E-state index is -1.11. The summed E-state index contributed by atoms with van der Waals surface area (Å²) in [7, 11) is 3.16. The van der Waals surface area contributed by atoms with E-state index in [0.29, 0.717) is 92.7 Å². The fraction of sp³-hybridized carbons (Fsp3) is 0.342. The van der Waals surface area contributed by atoms with Crippen LogP contribution >= 0.6 is 23.2 Å². The number of benzene rings is 2. The first-order chi connectivity index (χ1) is 25.3. The van der Waals surface area contributed by atoms with Gasteiger partial charge in [0.25, 0.3) is 5.56 Å². The molecule has 2 amide bonds. The van der Waals surface area contributed by atoms with Crippen LogP contribution in [0.15, 0.2) is 65.6 Å². The summed E-state index contributed by atoms with van der Waals surface area (Å²) < 4.78 is 8.70. The Morgan fingerprint density at radius 3 is 2.40 bits per heavy atom. The van der Waals surface area contributed by atoms with Crippen LogP contribution < -0.4 is 20.9 Å². The van der Waals surface area contributed by atoms with Crippen molar-refractivity contribution in [1.29, 1.82) is 0 Å². The average Bonchev–Trinajstić information content (AvgIpc) is 3.74. The molecule has 5 aromatic rings. The highest BCUT2D eigenvalue weighted by molar-refractivity contribution is 6.39. The zero-order valence-electron chi connectivity index (χ0n) is 29.4. The Morgan fingerprint density at radius 2 is 1.75 bits per heavy atom. The van der Waals surface area contributed by atoms with Gasteiger partial charge in [0.1, 0.15) is 11.3 Å². The smallest absolute Gasteiger partial charge is 0.407 e. The van der Waals surface area contributed by atoms with E-state index in [-0.39, 0.29) is 42.5 Å². The number of aliphatic hydroxyl groups is 1. The highest BCUT2D eigenvalue weighted by Gasteiger charge is 2.38. The Bertz CT molecular complexity index is 2300. The summed E-state index contributed by atoms with van der Waals surface area (Å²) in [5.41, 5.74) is 3.99. The molecule has 7 rings (SSSR count). The number of nitrogens with one attached hydrogen (secondary N) is 2. The summed E-state index contributed by atoms with van der Waals surface area (Å²) >= 11 is 14.2. The van der Waals surface area contributed by atoms with Crippen molar-refractivity contribution in [2.24, 2.45) is 7.05 Å². The lowest BCUT2D eigenvalue weighted by Crippen LogP contribution is -2.51. The highest BCUT2D eigenvalue weighted by atomic mass is 35.5. The van der Waals surface area contributed by atoms with Crippen molar-refractivity contribution in [3.8, 4) is 39.4 Å². The maximum absolute atomic E-state index is 13.4. The molecule has 276 valence electrons. The number of halogens is 2. The number of amides is 2. The van der Waals surface area contributed by atoms with Crippen molar-refractivity contribution < 1.29 is 24.5 Å². The van der Waals surface area contributed by atoms with Gasteiger partial charge in [0, 0.05) is 71.7 Å². The number of carbonyl (C=O) groups excluding carboxylic acids is 1. The Balaban J connectivity index is 1.16. The van der Waals surface area contributed by atoms with Crippen molar-refractivity contribution in [1.82, 2.24) is 34.7 Å². The van der Waals surface area contributed by atoms with Crippen LogP contribution in [-0.4, -0.2) is 77.6 Å². The predicted molar refractivity (Wildman–Crippen MR) is 201 cm³/mol. The number of hydrogen-bond donors (Lipinski definition) is 4. The topological polar surface area (TPSA) is 163 Å². The monoisotopic (exact) mass is 759 g/mol. The molecule has 15 heteroatoms. The van der Waals surface area contributed by atoms with Gasteiger partial charge in [-0.05, 0) is 44.4 Å². The molecule has 1 saturated heterocycles. The summed E-state index contributed by atoms with van der Waals surface area (Å²) in [4.78, 5) is 43.0. The van der Waals surface area contributed by atoms with Crippen LogP contribution in [0.25, 0.3) is 39.0 Å². The number of nitrogens with zero attached hydrogens (tertiary/aromatic N) is 5. The zero-order chi connectivity index (χ0) is 37.6. The van der Waals surface area contributed by atoms with Crippen molar-refractivity contribution in [2.75, 3.05) is 13.7 Å². The number of fused-ring (bicyclic) bond motifs is 1. The normalized spacial score (nSPS) is 19.6. The van der Waals surface area contributed by atoms with Crippen LogP contribution in [0.3, 0.4) is 0 Å². The molecule has 2 aromatic carbocycles. The van der Waals surface area contributed by atoms with Gasteiger partial charge in [0.15, 0.2) is 0 Å². The first kappa shape index (κ1) is 36.4. The zero-order valence-corrected chi connectivity index (χ0v) is 30.9. The second kappa shape index (κ2) is 14.5. The molecule has 0 bridgehead atoms. The van der Waals surface area contributed by atoms with Gasteiger partial charge < -0.3 is 30.5 Å². The molecule has 0 spiro atoms. The minimum Gasteiger partial charge on any atom is -0.481 e. The number of carboxylic acid groups (broad SMARTS) is 1. The van der Waals surface area contributed by atoms with E-state index in [1.807, 2.05) is 43.3 Å². The lowest BCUT2D eigenvalue weighted by Gasteiger charge is -2.41. The number of methoxy groups -OCH3 is 1. The first-order valence-electron chi connectivity index (χ1n) is 17.2. The minimum absolute atomic E-state index is 0.0216. The van der Waals surface area contributed by atoms with E-state index in [9.17, 15) is 24.6 Å². The van der Waals surface area contributed by atoms with E-state index in [1.54, 1.807) is 36.0 Å². The standard InChI is InChI=1S/C38H39Cl2N7O6/c1-38(52)15-24(16-38)41-17-31-44-47-19-22(14-30(47)36(49)45(31)2)25-6-4-7-26(33(25)39)27-8-5-9-28(34(27)40)29-12-10-21(35(43-29)53-3)18-46(37(50)51)20-23-11-13-32(48)42-23/h4-10,12,14,19,23-24,41,52H,11,13,15-18,20H2,1-3H3,(H,42,48)(H,50,51)/t23-,24?,38?/m0/s1. The second-order valence-electron chi connectivity index (χ2n) is 14.0. The number of ether oxygens (including phenoxy) is 1. The predicted octanol–water partition coefficient (Wildman–Crippen LogP) is 5.51. The third-order valence-corrected chi connectivity index (χ3v) is 10.8. The molecule has 0 radical (unpaired) electrons. The molecule has 1 aliphatic carbocycles. The third-order valence-electron chi connectivity index (χ3n) is 10.0.